The van der Waals surface area contributed by atoms with Crippen molar-refractivity contribution in [2.45, 2.75) is 31.4 Å². The first kappa shape index (κ1) is 15.0. The predicted molar refractivity (Wildman–Crippen MR) is 73.4 cm³/mol. The predicted octanol–water partition coefficient (Wildman–Crippen LogP) is 3.15. The summed E-state index contributed by atoms with van der Waals surface area (Å²) in [4.78, 5) is 4.32. The zero-order valence-electron chi connectivity index (χ0n) is 11.9. The number of nitrogens with zero attached hydrogens (tertiary/aromatic N) is 2. The maximum absolute atomic E-state index is 12.7. The van der Waals surface area contributed by atoms with Crippen LogP contribution in [0.3, 0.4) is 0 Å². The van der Waals surface area contributed by atoms with E-state index in [0.29, 0.717) is 17.3 Å². The van der Waals surface area contributed by atoms with Crippen LogP contribution in [0.15, 0.2) is 28.8 Å². The smallest absolute Gasteiger partial charge is 0.339 e. The summed E-state index contributed by atoms with van der Waals surface area (Å²) < 4.78 is 43.3. The highest BCUT2D eigenvalue weighted by Crippen LogP contribution is 2.30. The van der Waals surface area contributed by atoms with E-state index < -0.39 is 11.7 Å². The van der Waals surface area contributed by atoms with Crippen LogP contribution in [0.25, 0.3) is 0 Å². The zero-order valence-corrected chi connectivity index (χ0v) is 11.9. The molecule has 1 saturated heterocycles. The Morgan fingerprint density at radius 2 is 2.18 bits per heavy atom. The second kappa shape index (κ2) is 6.08. The summed E-state index contributed by atoms with van der Waals surface area (Å²) in [6.07, 6.45) is -2.08. The molecule has 1 fully saturated rings. The molecule has 22 heavy (non-hydrogen) atoms. The van der Waals surface area contributed by atoms with E-state index >= 15 is 0 Å². The van der Waals surface area contributed by atoms with Crippen LogP contribution < -0.4 is 5.32 Å². The first-order valence-corrected chi connectivity index (χ1v) is 7.22. The van der Waals surface area contributed by atoms with Gasteiger partial charge in [0.25, 0.3) is 0 Å². The zero-order chi connectivity index (χ0) is 15.6. The summed E-state index contributed by atoms with van der Waals surface area (Å²) in [5.74, 6) is 1.20. The van der Waals surface area contributed by atoms with Gasteiger partial charge in [-0.2, -0.15) is 18.2 Å². The lowest BCUT2D eigenvalue weighted by molar-refractivity contribution is -0.137. The summed E-state index contributed by atoms with van der Waals surface area (Å²) >= 11 is 0. The van der Waals surface area contributed by atoms with Crippen LogP contribution in [0.2, 0.25) is 0 Å². The van der Waals surface area contributed by atoms with Crippen molar-refractivity contribution in [3.8, 4) is 0 Å². The van der Waals surface area contributed by atoms with Crippen molar-refractivity contribution < 1.29 is 17.7 Å². The third kappa shape index (κ3) is 3.47. The molecule has 1 aliphatic heterocycles. The molecule has 1 N–H and O–H groups in total. The molecule has 0 bridgehead atoms. The van der Waals surface area contributed by atoms with Gasteiger partial charge in [-0.25, -0.2) is 0 Å². The van der Waals surface area contributed by atoms with Gasteiger partial charge in [0.1, 0.15) is 0 Å². The fourth-order valence-corrected chi connectivity index (χ4v) is 2.61. The molecule has 0 spiro atoms. The largest absolute Gasteiger partial charge is 0.416 e. The minimum absolute atomic E-state index is 0.205. The number of alkyl halides is 3. The number of benzene rings is 1. The summed E-state index contributed by atoms with van der Waals surface area (Å²) in [6.45, 7) is 1.80. The molecule has 1 aliphatic rings. The van der Waals surface area contributed by atoms with Crippen molar-refractivity contribution in [3.63, 3.8) is 0 Å². The molecule has 3 rings (SSSR count). The van der Waals surface area contributed by atoms with Gasteiger partial charge in [0.05, 0.1) is 12.0 Å². The molecule has 7 heteroatoms. The van der Waals surface area contributed by atoms with Gasteiger partial charge in [0.15, 0.2) is 5.82 Å². The average Bonchev–Trinajstić information content (AvgIpc) is 2.96. The molecule has 0 amide bonds. The number of rotatable bonds is 3. The SMILES string of the molecule is FC(F)(F)c1cccc(Cc2nc(C3CCCNC3)no2)c1. The highest BCUT2D eigenvalue weighted by atomic mass is 19.4. The number of hydrogen-bond donors (Lipinski definition) is 1. The summed E-state index contributed by atoms with van der Waals surface area (Å²) in [6, 6.07) is 5.18. The summed E-state index contributed by atoms with van der Waals surface area (Å²) in [7, 11) is 0. The molecular formula is C15H16F3N3O. The first-order chi connectivity index (χ1) is 10.5. The Hall–Kier alpha value is -1.89. The maximum Gasteiger partial charge on any atom is 0.416 e. The molecule has 0 radical (unpaired) electrons. The van der Waals surface area contributed by atoms with Crippen LogP contribution in [-0.2, 0) is 12.6 Å². The highest BCUT2D eigenvalue weighted by Gasteiger charge is 2.30. The van der Waals surface area contributed by atoms with Crippen LogP contribution in [0.5, 0.6) is 0 Å². The number of nitrogens with one attached hydrogen (secondary N) is 1. The van der Waals surface area contributed by atoms with Gasteiger partial charge in [-0.3, -0.25) is 0 Å². The van der Waals surface area contributed by atoms with Gasteiger partial charge in [0, 0.05) is 12.5 Å². The van der Waals surface area contributed by atoms with Crippen molar-refractivity contribution in [1.82, 2.24) is 15.5 Å². The molecule has 2 aromatic rings. The second-order valence-corrected chi connectivity index (χ2v) is 5.46. The van der Waals surface area contributed by atoms with E-state index in [0.717, 1.165) is 38.1 Å². The van der Waals surface area contributed by atoms with Gasteiger partial charge in [0.2, 0.25) is 5.89 Å². The molecule has 118 valence electrons. The van der Waals surface area contributed by atoms with Gasteiger partial charge in [-0.1, -0.05) is 23.4 Å². The standard InChI is InChI=1S/C15H16F3N3O/c16-15(17,18)12-5-1-3-10(7-12)8-13-20-14(21-22-13)11-4-2-6-19-9-11/h1,3,5,7,11,19H,2,4,6,8-9H2. The van der Waals surface area contributed by atoms with Gasteiger partial charge < -0.3 is 9.84 Å². The van der Waals surface area contributed by atoms with E-state index in [1.54, 1.807) is 6.07 Å². The van der Waals surface area contributed by atoms with Crippen molar-refractivity contribution >= 4 is 0 Å². The number of aromatic nitrogens is 2. The first-order valence-electron chi connectivity index (χ1n) is 7.22. The molecule has 1 unspecified atom stereocenters. The minimum Gasteiger partial charge on any atom is -0.339 e. The van der Waals surface area contributed by atoms with Crippen LogP contribution in [-0.4, -0.2) is 23.2 Å². The van der Waals surface area contributed by atoms with E-state index in [-0.39, 0.29) is 12.3 Å². The lowest BCUT2D eigenvalue weighted by Gasteiger charge is -2.19. The minimum atomic E-state index is -4.34. The molecular weight excluding hydrogens is 295 g/mol. The molecule has 2 heterocycles. The summed E-state index contributed by atoms with van der Waals surface area (Å²) in [5.41, 5.74) is -0.159. The average molecular weight is 311 g/mol. The summed E-state index contributed by atoms with van der Waals surface area (Å²) in [5, 5.41) is 7.23. The van der Waals surface area contributed by atoms with Crippen LogP contribution in [0.4, 0.5) is 13.2 Å². The van der Waals surface area contributed by atoms with Crippen molar-refractivity contribution in [2.24, 2.45) is 0 Å². The normalized spacial score (nSPS) is 19.3. The van der Waals surface area contributed by atoms with Gasteiger partial charge in [-0.05, 0) is 31.0 Å². The molecule has 1 atom stereocenters. The Kier molecular flexibility index (Phi) is 4.15. The van der Waals surface area contributed by atoms with E-state index in [9.17, 15) is 13.2 Å². The van der Waals surface area contributed by atoms with Crippen molar-refractivity contribution in [3.05, 3.63) is 47.1 Å². The van der Waals surface area contributed by atoms with E-state index in [1.165, 1.54) is 6.07 Å². The van der Waals surface area contributed by atoms with Crippen LogP contribution >= 0.6 is 0 Å². The Balaban J connectivity index is 1.72. The number of halogens is 3. The van der Waals surface area contributed by atoms with E-state index in [1.807, 2.05) is 0 Å². The molecule has 0 saturated carbocycles. The maximum atomic E-state index is 12.7. The Morgan fingerprint density at radius 1 is 1.32 bits per heavy atom. The lowest BCUT2D eigenvalue weighted by Crippen LogP contribution is -2.28. The molecule has 0 aliphatic carbocycles. The van der Waals surface area contributed by atoms with Gasteiger partial charge in [-0.15, -0.1) is 0 Å². The monoisotopic (exact) mass is 311 g/mol. The fourth-order valence-electron chi connectivity index (χ4n) is 2.61. The van der Waals surface area contributed by atoms with E-state index in [2.05, 4.69) is 15.5 Å². The molecule has 1 aromatic heterocycles. The second-order valence-electron chi connectivity index (χ2n) is 5.46. The van der Waals surface area contributed by atoms with Crippen molar-refractivity contribution in [1.29, 1.82) is 0 Å². The van der Waals surface area contributed by atoms with Crippen molar-refractivity contribution in [2.75, 3.05) is 13.1 Å². The van der Waals surface area contributed by atoms with Crippen LogP contribution in [0.1, 0.15) is 41.6 Å². The Bertz CT molecular complexity index is 633. The number of hydrogen-bond acceptors (Lipinski definition) is 4. The van der Waals surface area contributed by atoms with Crippen LogP contribution in [0, 0.1) is 0 Å². The van der Waals surface area contributed by atoms with E-state index in [4.69, 9.17) is 4.52 Å². The third-order valence-corrected chi connectivity index (χ3v) is 3.76. The highest BCUT2D eigenvalue weighted by molar-refractivity contribution is 5.27. The van der Waals surface area contributed by atoms with Gasteiger partial charge >= 0.3 is 6.18 Å². The lowest BCUT2D eigenvalue weighted by atomic mass is 9.99. The molecule has 4 nitrogen and oxygen atoms in total. The fraction of sp³-hybridized carbons (Fsp3) is 0.467. The Labute approximate surface area is 125 Å². The molecule has 1 aromatic carbocycles. The number of piperidine rings is 1. The topological polar surface area (TPSA) is 51.0 Å². The third-order valence-electron chi connectivity index (χ3n) is 3.76. The quantitative estimate of drug-likeness (QED) is 0.946. The Morgan fingerprint density at radius 3 is 2.91 bits per heavy atom.